The summed E-state index contributed by atoms with van der Waals surface area (Å²) in [5.74, 6) is 0.0288. The van der Waals surface area contributed by atoms with Crippen LogP contribution in [-0.2, 0) is 4.79 Å². The van der Waals surface area contributed by atoms with Crippen LogP contribution in [0.15, 0.2) is 6.07 Å². The van der Waals surface area contributed by atoms with E-state index in [4.69, 9.17) is 0 Å². The third kappa shape index (κ3) is 3.80. The topological polar surface area (TPSA) is 49.3 Å². The number of nitrogens with one attached hydrogen (secondary N) is 1. The van der Waals surface area contributed by atoms with E-state index < -0.39 is 6.10 Å². The maximum Gasteiger partial charge on any atom is 0.219 e. The Kier molecular flexibility index (Phi) is 5.55. The highest BCUT2D eigenvalue weighted by Gasteiger charge is 2.16. The lowest BCUT2D eigenvalue weighted by Crippen LogP contribution is -2.17. The molecule has 0 radical (unpaired) electrons. The first-order valence-electron chi connectivity index (χ1n) is 6.84. The van der Waals surface area contributed by atoms with Crippen molar-refractivity contribution in [3.05, 3.63) is 33.9 Å². The van der Waals surface area contributed by atoms with Gasteiger partial charge in [-0.1, -0.05) is 6.07 Å². The lowest BCUT2D eigenvalue weighted by atomic mass is 9.89. The van der Waals surface area contributed by atoms with Crippen molar-refractivity contribution in [1.82, 2.24) is 5.32 Å². The second-order valence-corrected chi connectivity index (χ2v) is 5.26. The number of benzene rings is 1. The van der Waals surface area contributed by atoms with Crippen LogP contribution in [-0.4, -0.2) is 18.1 Å². The highest BCUT2D eigenvalue weighted by molar-refractivity contribution is 5.75. The highest BCUT2D eigenvalue weighted by Crippen LogP contribution is 2.30. The van der Waals surface area contributed by atoms with Gasteiger partial charge in [0.25, 0.3) is 0 Å². The molecule has 0 aliphatic heterocycles. The molecule has 106 valence electrons. The maximum absolute atomic E-state index is 11.2. The fourth-order valence-corrected chi connectivity index (χ4v) is 2.47. The van der Waals surface area contributed by atoms with Crippen molar-refractivity contribution in [2.24, 2.45) is 0 Å². The van der Waals surface area contributed by atoms with Crippen LogP contribution >= 0.6 is 0 Å². The Hall–Kier alpha value is -1.35. The molecule has 0 fully saturated rings. The first-order chi connectivity index (χ1) is 8.88. The largest absolute Gasteiger partial charge is 0.388 e. The summed E-state index contributed by atoms with van der Waals surface area (Å²) in [7, 11) is 1.64. The minimum absolute atomic E-state index is 0.0288. The van der Waals surface area contributed by atoms with Crippen molar-refractivity contribution in [3.8, 4) is 0 Å². The van der Waals surface area contributed by atoms with E-state index in [1.54, 1.807) is 7.05 Å². The molecular weight excluding hydrogens is 238 g/mol. The first-order valence-corrected chi connectivity index (χ1v) is 6.84. The Bertz CT molecular complexity index is 440. The second kappa shape index (κ2) is 6.71. The van der Waals surface area contributed by atoms with E-state index in [2.05, 4.69) is 39.1 Å². The summed E-state index contributed by atoms with van der Waals surface area (Å²) in [6.07, 6.45) is 1.31. The van der Waals surface area contributed by atoms with Gasteiger partial charge in [0.1, 0.15) is 0 Å². The summed E-state index contributed by atoms with van der Waals surface area (Å²) < 4.78 is 0. The summed E-state index contributed by atoms with van der Waals surface area (Å²) >= 11 is 0. The van der Waals surface area contributed by atoms with E-state index in [-0.39, 0.29) is 5.91 Å². The first kappa shape index (κ1) is 15.7. The van der Waals surface area contributed by atoms with Crippen LogP contribution in [0.4, 0.5) is 0 Å². The zero-order chi connectivity index (χ0) is 14.6. The molecule has 0 bridgehead atoms. The number of carbonyl (C=O) groups excluding carboxylic acids is 1. The number of aliphatic hydroxyl groups excluding tert-OH is 1. The Balaban J connectivity index is 2.82. The zero-order valence-corrected chi connectivity index (χ0v) is 12.6. The van der Waals surface area contributed by atoms with Gasteiger partial charge in [0.15, 0.2) is 0 Å². The molecule has 1 rings (SSSR count). The van der Waals surface area contributed by atoms with Gasteiger partial charge in [-0.2, -0.15) is 0 Å². The van der Waals surface area contributed by atoms with Gasteiger partial charge >= 0.3 is 0 Å². The third-order valence-electron chi connectivity index (χ3n) is 3.92. The predicted molar refractivity (Wildman–Crippen MR) is 78.3 cm³/mol. The molecule has 3 heteroatoms. The Morgan fingerprint density at radius 1 is 1.21 bits per heavy atom. The molecule has 19 heavy (non-hydrogen) atoms. The number of aliphatic hydroxyl groups is 1. The standard InChI is InChI=1S/C16H25NO2/c1-10-9-11(2)13(4)16(12(10)3)14(18)7-6-8-15(19)17-5/h9,14,18H,6-8H2,1-5H3,(H,17,19). The summed E-state index contributed by atoms with van der Waals surface area (Å²) in [5.41, 5.74) is 5.78. The predicted octanol–water partition coefficient (Wildman–Crippen LogP) is 2.87. The molecule has 0 aliphatic carbocycles. The quantitative estimate of drug-likeness (QED) is 0.858. The van der Waals surface area contributed by atoms with E-state index in [9.17, 15) is 9.90 Å². The minimum Gasteiger partial charge on any atom is -0.388 e. The van der Waals surface area contributed by atoms with Crippen LogP contribution < -0.4 is 5.32 Å². The van der Waals surface area contributed by atoms with Gasteiger partial charge < -0.3 is 10.4 Å². The van der Waals surface area contributed by atoms with Crippen molar-refractivity contribution in [2.45, 2.75) is 53.1 Å². The normalized spacial score (nSPS) is 12.3. The van der Waals surface area contributed by atoms with Crippen molar-refractivity contribution in [2.75, 3.05) is 7.05 Å². The molecule has 1 unspecified atom stereocenters. The number of hydrogen-bond acceptors (Lipinski definition) is 2. The van der Waals surface area contributed by atoms with Crippen molar-refractivity contribution in [3.63, 3.8) is 0 Å². The van der Waals surface area contributed by atoms with Crippen LogP contribution in [0.1, 0.15) is 53.2 Å². The van der Waals surface area contributed by atoms with Gasteiger partial charge in [-0.3, -0.25) is 4.79 Å². The number of rotatable bonds is 5. The number of amides is 1. The van der Waals surface area contributed by atoms with Gasteiger partial charge in [-0.05, 0) is 68.4 Å². The fourth-order valence-electron chi connectivity index (χ4n) is 2.47. The molecule has 2 N–H and O–H groups in total. The molecular formula is C16H25NO2. The average Bonchev–Trinajstić information content (AvgIpc) is 2.36. The second-order valence-electron chi connectivity index (χ2n) is 5.26. The summed E-state index contributed by atoms with van der Waals surface area (Å²) in [6.45, 7) is 8.25. The molecule has 1 aromatic carbocycles. The molecule has 0 saturated carbocycles. The van der Waals surface area contributed by atoms with Crippen molar-refractivity contribution < 1.29 is 9.90 Å². The monoisotopic (exact) mass is 263 g/mol. The molecule has 0 saturated heterocycles. The average molecular weight is 263 g/mol. The van der Waals surface area contributed by atoms with E-state index >= 15 is 0 Å². The van der Waals surface area contributed by atoms with Crippen LogP contribution in [0.25, 0.3) is 0 Å². The van der Waals surface area contributed by atoms with Gasteiger partial charge in [0.05, 0.1) is 6.10 Å². The molecule has 0 aliphatic rings. The summed E-state index contributed by atoms with van der Waals surface area (Å²) in [4.78, 5) is 11.2. The zero-order valence-electron chi connectivity index (χ0n) is 12.6. The number of hydrogen-bond donors (Lipinski definition) is 2. The third-order valence-corrected chi connectivity index (χ3v) is 3.92. The van der Waals surface area contributed by atoms with Gasteiger partial charge in [0, 0.05) is 13.5 Å². The van der Waals surface area contributed by atoms with Crippen LogP contribution in [0.2, 0.25) is 0 Å². The van der Waals surface area contributed by atoms with Crippen LogP contribution in [0.3, 0.4) is 0 Å². The van der Waals surface area contributed by atoms with Gasteiger partial charge in [0.2, 0.25) is 5.91 Å². The van der Waals surface area contributed by atoms with E-state index in [0.717, 1.165) is 16.7 Å². The van der Waals surface area contributed by atoms with Crippen molar-refractivity contribution in [1.29, 1.82) is 0 Å². The minimum atomic E-state index is -0.483. The molecule has 3 nitrogen and oxygen atoms in total. The van der Waals surface area contributed by atoms with Crippen LogP contribution in [0, 0.1) is 27.7 Å². The molecule has 0 aromatic heterocycles. The van der Waals surface area contributed by atoms with Gasteiger partial charge in [-0.15, -0.1) is 0 Å². The summed E-state index contributed by atoms with van der Waals surface area (Å²) in [6, 6.07) is 2.16. The van der Waals surface area contributed by atoms with Gasteiger partial charge in [-0.25, -0.2) is 0 Å². The Morgan fingerprint density at radius 3 is 2.21 bits per heavy atom. The maximum atomic E-state index is 11.2. The molecule has 1 atom stereocenters. The van der Waals surface area contributed by atoms with Crippen molar-refractivity contribution >= 4 is 5.91 Å². The molecule has 0 heterocycles. The Morgan fingerprint density at radius 2 is 1.74 bits per heavy atom. The van der Waals surface area contributed by atoms with Crippen LogP contribution in [0.5, 0.6) is 0 Å². The SMILES string of the molecule is CNC(=O)CCCC(O)c1c(C)c(C)cc(C)c1C. The highest BCUT2D eigenvalue weighted by atomic mass is 16.3. The molecule has 0 spiro atoms. The fraction of sp³-hybridized carbons (Fsp3) is 0.562. The lowest BCUT2D eigenvalue weighted by molar-refractivity contribution is -0.120. The number of carbonyl (C=O) groups is 1. The smallest absolute Gasteiger partial charge is 0.219 e. The van der Waals surface area contributed by atoms with E-state index in [1.165, 1.54) is 11.1 Å². The summed E-state index contributed by atoms with van der Waals surface area (Å²) in [5, 5.41) is 13.0. The lowest BCUT2D eigenvalue weighted by Gasteiger charge is -2.20. The Labute approximate surface area is 116 Å². The number of aryl methyl sites for hydroxylation is 2. The molecule has 1 aromatic rings. The molecule has 1 amide bonds. The van der Waals surface area contributed by atoms with E-state index in [1.807, 2.05) is 0 Å². The van der Waals surface area contributed by atoms with E-state index in [0.29, 0.717) is 19.3 Å².